The first-order valence-corrected chi connectivity index (χ1v) is 5.95. The van der Waals surface area contributed by atoms with Gasteiger partial charge in [0.05, 0.1) is 7.11 Å². The van der Waals surface area contributed by atoms with Gasteiger partial charge < -0.3 is 10.1 Å². The van der Waals surface area contributed by atoms with Crippen LogP contribution in [0.4, 0.5) is 0 Å². The van der Waals surface area contributed by atoms with E-state index in [2.05, 4.69) is 31.3 Å². The Morgan fingerprint density at radius 1 is 1.19 bits per heavy atom. The second-order valence-electron chi connectivity index (χ2n) is 4.53. The molecule has 1 N–H and O–H groups in total. The molecule has 2 unspecified atom stereocenters. The Hall–Kier alpha value is -1.02. The smallest absolute Gasteiger partial charge is 0.122 e. The van der Waals surface area contributed by atoms with Gasteiger partial charge in [-0.15, -0.1) is 0 Å². The first-order chi connectivity index (χ1) is 7.69. The molecule has 0 aromatic heterocycles. The molecule has 90 valence electrons. The van der Waals surface area contributed by atoms with Gasteiger partial charge in [-0.1, -0.05) is 32.0 Å². The van der Waals surface area contributed by atoms with E-state index in [1.165, 1.54) is 5.56 Å². The average molecular weight is 221 g/mol. The normalized spacial score (nSPS) is 14.5. The molecule has 0 heterocycles. The summed E-state index contributed by atoms with van der Waals surface area (Å²) in [5.41, 5.74) is 1.31. The van der Waals surface area contributed by atoms with Crippen molar-refractivity contribution in [2.24, 2.45) is 11.8 Å². The lowest BCUT2D eigenvalue weighted by atomic mass is 9.89. The zero-order valence-electron chi connectivity index (χ0n) is 10.8. The van der Waals surface area contributed by atoms with E-state index in [9.17, 15) is 0 Å². The first kappa shape index (κ1) is 13.0. The van der Waals surface area contributed by atoms with Gasteiger partial charge in [0.15, 0.2) is 0 Å². The van der Waals surface area contributed by atoms with Crippen molar-refractivity contribution >= 4 is 0 Å². The summed E-state index contributed by atoms with van der Waals surface area (Å²) in [6.45, 7) is 5.65. The van der Waals surface area contributed by atoms with E-state index in [0.29, 0.717) is 11.8 Å². The summed E-state index contributed by atoms with van der Waals surface area (Å²) in [4.78, 5) is 0. The lowest BCUT2D eigenvalue weighted by Crippen LogP contribution is -2.23. The second-order valence-corrected chi connectivity index (χ2v) is 4.53. The summed E-state index contributed by atoms with van der Waals surface area (Å²) < 4.78 is 5.37. The fourth-order valence-electron chi connectivity index (χ4n) is 1.94. The van der Waals surface area contributed by atoms with E-state index >= 15 is 0 Å². The van der Waals surface area contributed by atoms with E-state index in [4.69, 9.17) is 4.74 Å². The molecular formula is C14H23NO. The SMILES string of the molecule is CNCC(C)C(C)Cc1ccccc1OC. The molecular weight excluding hydrogens is 198 g/mol. The van der Waals surface area contributed by atoms with Crippen molar-refractivity contribution in [3.63, 3.8) is 0 Å². The Balaban J connectivity index is 2.64. The number of hydrogen-bond acceptors (Lipinski definition) is 2. The molecule has 0 saturated carbocycles. The molecule has 16 heavy (non-hydrogen) atoms. The molecule has 0 spiro atoms. The molecule has 0 saturated heterocycles. The van der Waals surface area contributed by atoms with Gasteiger partial charge in [0, 0.05) is 0 Å². The van der Waals surface area contributed by atoms with Gasteiger partial charge in [-0.05, 0) is 43.5 Å². The van der Waals surface area contributed by atoms with Crippen LogP contribution in [0, 0.1) is 11.8 Å². The van der Waals surface area contributed by atoms with Crippen LogP contribution in [0.3, 0.4) is 0 Å². The summed E-state index contributed by atoms with van der Waals surface area (Å²) in [6.07, 6.45) is 1.08. The predicted molar refractivity (Wildman–Crippen MR) is 69.0 cm³/mol. The van der Waals surface area contributed by atoms with Crippen LogP contribution in [0.25, 0.3) is 0 Å². The topological polar surface area (TPSA) is 21.3 Å². The fraction of sp³-hybridized carbons (Fsp3) is 0.571. The maximum atomic E-state index is 5.37. The molecule has 2 heteroatoms. The van der Waals surface area contributed by atoms with E-state index < -0.39 is 0 Å². The standard InChI is InChI=1S/C14H23NO/c1-11(12(2)10-15-3)9-13-7-5-6-8-14(13)16-4/h5-8,11-12,15H,9-10H2,1-4H3. The Bertz CT molecular complexity index is 311. The quantitative estimate of drug-likeness (QED) is 0.797. The molecule has 2 atom stereocenters. The summed E-state index contributed by atoms with van der Waals surface area (Å²) in [5, 5.41) is 3.23. The van der Waals surface area contributed by atoms with Gasteiger partial charge in [-0.3, -0.25) is 0 Å². The minimum Gasteiger partial charge on any atom is -0.496 e. The van der Waals surface area contributed by atoms with E-state index in [0.717, 1.165) is 18.7 Å². The molecule has 0 aliphatic carbocycles. The highest BCUT2D eigenvalue weighted by atomic mass is 16.5. The van der Waals surface area contributed by atoms with Gasteiger partial charge in [0.1, 0.15) is 5.75 Å². The third kappa shape index (κ3) is 3.53. The number of methoxy groups -OCH3 is 1. The predicted octanol–water partition coefficient (Wildman–Crippen LogP) is 2.73. The van der Waals surface area contributed by atoms with Gasteiger partial charge in [0.2, 0.25) is 0 Å². The zero-order valence-corrected chi connectivity index (χ0v) is 10.8. The van der Waals surface area contributed by atoms with Crippen molar-refractivity contribution < 1.29 is 4.74 Å². The highest BCUT2D eigenvalue weighted by Crippen LogP contribution is 2.23. The largest absolute Gasteiger partial charge is 0.496 e. The molecule has 1 rings (SSSR count). The molecule has 0 aliphatic heterocycles. The molecule has 0 bridgehead atoms. The molecule has 0 radical (unpaired) electrons. The average Bonchev–Trinajstić information content (AvgIpc) is 2.30. The summed E-state index contributed by atoms with van der Waals surface area (Å²) in [7, 11) is 3.74. The van der Waals surface area contributed by atoms with Gasteiger partial charge in [-0.2, -0.15) is 0 Å². The Morgan fingerprint density at radius 2 is 1.88 bits per heavy atom. The van der Waals surface area contributed by atoms with Gasteiger partial charge >= 0.3 is 0 Å². The highest BCUT2D eigenvalue weighted by Gasteiger charge is 2.13. The van der Waals surface area contributed by atoms with Crippen molar-refractivity contribution in [1.82, 2.24) is 5.32 Å². The molecule has 0 aliphatic rings. The van der Waals surface area contributed by atoms with Crippen LogP contribution < -0.4 is 10.1 Å². The zero-order chi connectivity index (χ0) is 12.0. The Labute approximate surface area is 99.0 Å². The number of nitrogens with one attached hydrogen (secondary N) is 1. The van der Waals surface area contributed by atoms with Crippen molar-refractivity contribution in [2.45, 2.75) is 20.3 Å². The van der Waals surface area contributed by atoms with Gasteiger partial charge in [-0.25, -0.2) is 0 Å². The van der Waals surface area contributed by atoms with Crippen molar-refractivity contribution in [1.29, 1.82) is 0 Å². The number of benzene rings is 1. The molecule has 1 aromatic carbocycles. The van der Waals surface area contributed by atoms with Crippen molar-refractivity contribution in [3.05, 3.63) is 29.8 Å². The number of hydrogen-bond donors (Lipinski definition) is 1. The summed E-state index contributed by atoms with van der Waals surface area (Å²) >= 11 is 0. The first-order valence-electron chi connectivity index (χ1n) is 5.95. The second kappa shape index (κ2) is 6.54. The van der Waals surface area contributed by atoms with Crippen LogP contribution >= 0.6 is 0 Å². The van der Waals surface area contributed by atoms with Crippen LogP contribution in [0.2, 0.25) is 0 Å². The summed E-state index contributed by atoms with van der Waals surface area (Å²) in [6, 6.07) is 8.28. The Morgan fingerprint density at radius 3 is 2.50 bits per heavy atom. The number of ether oxygens (including phenoxy) is 1. The fourth-order valence-corrected chi connectivity index (χ4v) is 1.94. The van der Waals surface area contributed by atoms with Crippen LogP contribution in [0.15, 0.2) is 24.3 Å². The number of para-hydroxylation sites is 1. The third-order valence-electron chi connectivity index (χ3n) is 3.23. The van der Waals surface area contributed by atoms with Crippen LogP contribution in [-0.4, -0.2) is 20.7 Å². The maximum Gasteiger partial charge on any atom is 0.122 e. The van der Waals surface area contributed by atoms with E-state index in [1.54, 1.807) is 7.11 Å². The highest BCUT2D eigenvalue weighted by molar-refractivity contribution is 5.33. The maximum absolute atomic E-state index is 5.37. The van der Waals surface area contributed by atoms with Crippen LogP contribution in [0.1, 0.15) is 19.4 Å². The lowest BCUT2D eigenvalue weighted by molar-refractivity contribution is 0.362. The van der Waals surface area contributed by atoms with Gasteiger partial charge in [0.25, 0.3) is 0 Å². The third-order valence-corrected chi connectivity index (χ3v) is 3.23. The monoisotopic (exact) mass is 221 g/mol. The minimum atomic E-state index is 0.656. The summed E-state index contributed by atoms with van der Waals surface area (Å²) in [5.74, 6) is 2.34. The van der Waals surface area contributed by atoms with Crippen molar-refractivity contribution in [2.75, 3.05) is 20.7 Å². The molecule has 1 aromatic rings. The minimum absolute atomic E-state index is 0.656. The Kier molecular flexibility index (Phi) is 5.33. The van der Waals surface area contributed by atoms with Crippen LogP contribution in [0.5, 0.6) is 5.75 Å². The van der Waals surface area contributed by atoms with Crippen molar-refractivity contribution in [3.8, 4) is 5.75 Å². The molecule has 2 nitrogen and oxygen atoms in total. The van der Waals surface area contributed by atoms with Crippen LogP contribution in [-0.2, 0) is 6.42 Å². The van der Waals surface area contributed by atoms with E-state index in [1.807, 2.05) is 19.2 Å². The molecule has 0 amide bonds. The lowest BCUT2D eigenvalue weighted by Gasteiger charge is -2.20. The van der Waals surface area contributed by atoms with E-state index in [-0.39, 0.29) is 0 Å². The molecule has 0 fully saturated rings. The number of rotatable bonds is 6.